The number of halogens is 1. The molecule has 1 N–H and O–H groups in total. The number of ether oxygens (including phenoxy) is 3. The average molecular weight is 300 g/mol. The average Bonchev–Trinajstić information content (AvgIpc) is 2.45. The van der Waals surface area contributed by atoms with Gasteiger partial charge in [-0.2, -0.15) is 0 Å². The third kappa shape index (κ3) is 5.32. The van der Waals surface area contributed by atoms with Gasteiger partial charge in [-0.25, -0.2) is 4.39 Å². The van der Waals surface area contributed by atoms with Crippen molar-refractivity contribution in [1.82, 2.24) is 0 Å². The predicted molar refractivity (Wildman–Crippen MR) is 75.2 cm³/mol. The Morgan fingerprint density at radius 2 is 2.05 bits per heavy atom. The van der Waals surface area contributed by atoms with Crippen molar-refractivity contribution in [3.05, 3.63) is 23.5 Å². The summed E-state index contributed by atoms with van der Waals surface area (Å²) in [6.07, 6.45) is -0.0332. The fourth-order valence-corrected chi connectivity index (χ4v) is 1.66. The van der Waals surface area contributed by atoms with E-state index in [9.17, 15) is 9.18 Å². The summed E-state index contributed by atoms with van der Waals surface area (Å²) in [5, 5.41) is 8.53. The maximum atomic E-state index is 14.0. The number of hydrogen-bond donors (Lipinski definition) is 1. The topological polar surface area (TPSA) is 65.0 Å². The van der Waals surface area contributed by atoms with Gasteiger partial charge in [0.2, 0.25) is 5.75 Å². The predicted octanol–water partition coefficient (Wildman–Crippen LogP) is 2.26. The zero-order valence-corrected chi connectivity index (χ0v) is 12.5. The molecule has 0 bridgehead atoms. The highest BCUT2D eigenvalue weighted by Crippen LogP contribution is 2.34. The molecule has 0 radical (unpaired) electrons. The molecule has 0 atom stereocenters. The van der Waals surface area contributed by atoms with E-state index < -0.39 is 11.8 Å². The van der Waals surface area contributed by atoms with Crippen molar-refractivity contribution < 1.29 is 28.5 Å². The molecule has 0 fully saturated rings. The van der Waals surface area contributed by atoms with Gasteiger partial charge < -0.3 is 19.3 Å². The van der Waals surface area contributed by atoms with Gasteiger partial charge in [0.1, 0.15) is 0 Å². The SMILES string of the molecule is COc1cc(C(C)C)cc(F)c1OC(=O)CCOCCO. The molecular weight excluding hydrogens is 279 g/mol. The number of carbonyl (C=O) groups is 1. The Kier molecular flexibility index (Phi) is 7.11. The summed E-state index contributed by atoms with van der Waals surface area (Å²) in [6, 6.07) is 2.98. The van der Waals surface area contributed by atoms with Crippen LogP contribution in [0.1, 0.15) is 31.7 Å². The van der Waals surface area contributed by atoms with E-state index in [-0.39, 0.29) is 43.7 Å². The van der Waals surface area contributed by atoms with E-state index >= 15 is 0 Å². The molecule has 0 saturated heterocycles. The molecule has 1 rings (SSSR count). The van der Waals surface area contributed by atoms with Crippen molar-refractivity contribution in [3.8, 4) is 11.5 Å². The van der Waals surface area contributed by atoms with Crippen molar-refractivity contribution in [3.63, 3.8) is 0 Å². The maximum Gasteiger partial charge on any atom is 0.313 e. The third-order valence-corrected chi connectivity index (χ3v) is 2.82. The van der Waals surface area contributed by atoms with Gasteiger partial charge in [0.25, 0.3) is 0 Å². The lowest BCUT2D eigenvalue weighted by atomic mass is 10.0. The Morgan fingerprint density at radius 3 is 2.62 bits per heavy atom. The Labute approximate surface area is 123 Å². The molecule has 0 spiro atoms. The first-order chi connectivity index (χ1) is 9.99. The van der Waals surface area contributed by atoms with Crippen LogP contribution in [0.3, 0.4) is 0 Å². The molecule has 0 saturated carbocycles. The molecule has 118 valence electrons. The second kappa shape index (κ2) is 8.59. The van der Waals surface area contributed by atoms with Crippen LogP contribution in [-0.4, -0.2) is 38.0 Å². The minimum Gasteiger partial charge on any atom is -0.493 e. The van der Waals surface area contributed by atoms with Crippen molar-refractivity contribution in [2.24, 2.45) is 0 Å². The van der Waals surface area contributed by atoms with Gasteiger partial charge in [-0.3, -0.25) is 4.79 Å². The molecular formula is C15H21FO5. The maximum absolute atomic E-state index is 14.0. The molecule has 0 unspecified atom stereocenters. The van der Waals surface area contributed by atoms with Crippen LogP contribution >= 0.6 is 0 Å². The lowest BCUT2D eigenvalue weighted by Crippen LogP contribution is -2.14. The first kappa shape index (κ1) is 17.4. The van der Waals surface area contributed by atoms with E-state index in [2.05, 4.69) is 0 Å². The van der Waals surface area contributed by atoms with Crippen molar-refractivity contribution in [2.75, 3.05) is 26.9 Å². The van der Waals surface area contributed by atoms with Gasteiger partial charge in [-0.15, -0.1) is 0 Å². The van der Waals surface area contributed by atoms with Crippen LogP contribution in [-0.2, 0) is 9.53 Å². The van der Waals surface area contributed by atoms with Gasteiger partial charge in [-0.1, -0.05) is 13.8 Å². The Hall–Kier alpha value is -1.66. The number of hydrogen-bond acceptors (Lipinski definition) is 5. The zero-order valence-electron chi connectivity index (χ0n) is 12.5. The number of rotatable bonds is 8. The number of aliphatic hydroxyl groups is 1. The monoisotopic (exact) mass is 300 g/mol. The standard InChI is InChI=1S/C15H21FO5/c1-10(2)11-8-12(16)15(13(9-11)19-3)21-14(18)4-6-20-7-5-17/h8-10,17H,4-7H2,1-3H3. The quantitative estimate of drug-likeness (QED) is 0.453. The summed E-state index contributed by atoms with van der Waals surface area (Å²) >= 11 is 0. The minimum absolute atomic E-state index is 0.0332. The van der Waals surface area contributed by atoms with E-state index in [1.165, 1.54) is 13.2 Å². The zero-order chi connectivity index (χ0) is 15.8. The largest absolute Gasteiger partial charge is 0.493 e. The highest BCUT2D eigenvalue weighted by molar-refractivity contribution is 5.73. The number of aliphatic hydroxyl groups excluding tert-OH is 1. The molecule has 6 heteroatoms. The molecule has 0 heterocycles. The van der Waals surface area contributed by atoms with E-state index in [1.807, 2.05) is 13.8 Å². The second-order valence-electron chi connectivity index (χ2n) is 4.75. The molecule has 0 aliphatic heterocycles. The Bertz CT molecular complexity index is 473. The highest BCUT2D eigenvalue weighted by atomic mass is 19.1. The molecule has 0 amide bonds. The molecule has 21 heavy (non-hydrogen) atoms. The summed E-state index contributed by atoms with van der Waals surface area (Å²) in [4.78, 5) is 11.6. The molecule has 0 aromatic heterocycles. The van der Waals surface area contributed by atoms with E-state index in [0.29, 0.717) is 0 Å². The van der Waals surface area contributed by atoms with Gasteiger partial charge in [0, 0.05) is 0 Å². The van der Waals surface area contributed by atoms with Gasteiger partial charge >= 0.3 is 5.97 Å². The van der Waals surface area contributed by atoms with Gasteiger partial charge in [0.05, 0.1) is 33.4 Å². The summed E-state index contributed by atoms with van der Waals surface area (Å²) in [5.41, 5.74) is 0.760. The number of benzene rings is 1. The second-order valence-corrected chi connectivity index (χ2v) is 4.75. The summed E-state index contributed by atoms with van der Waals surface area (Å²) < 4.78 is 29.1. The smallest absolute Gasteiger partial charge is 0.313 e. The number of carbonyl (C=O) groups excluding carboxylic acids is 1. The fraction of sp³-hybridized carbons (Fsp3) is 0.533. The van der Waals surface area contributed by atoms with Crippen LogP contribution in [0.5, 0.6) is 11.5 Å². The van der Waals surface area contributed by atoms with E-state index in [1.54, 1.807) is 6.07 Å². The Morgan fingerprint density at radius 1 is 1.33 bits per heavy atom. The number of methoxy groups -OCH3 is 1. The molecule has 1 aromatic rings. The van der Waals surface area contributed by atoms with Crippen molar-refractivity contribution in [1.29, 1.82) is 0 Å². The summed E-state index contributed by atoms with van der Waals surface area (Å²) in [5.74, 6) is -1.16. The molecule has 1 aromatic carbocycles. The molecule has 0 aliphatic rings. The van der Waals surface area contributed by atoms with Crippen LogP contribution < -0.4 is 9.47 Å². The highest BCUT2D eigenvalue weighted by Gasteiger charge is 2.18. The minimum atomic E-state index is -0.636. The summed E-state index contributed by atoms with van der Waals surface area (Å²) in [7, 11) is 1.39. The first-order valence-electron chi connectivity index (χ1n) is 6.76. The summed E-state index contributed by atoms with van der Waals surface area (Å²) in [6.45, 7) is 3.99. The fourth-order valence-electron chi connectivity index (χ4n) is 1.66. The normalized spacial score (nSPS) is 10.8. The molecule has 0 aliphatic carbocycles. The first-order valence-corrected chi connectivity index (χ1v) is 6.76. The third-order valence-electron chi connectivity index (χ3n) is 2.82. The van der Waals surface area contributed by atoms with Crippen molar-refractivity contribution >= 4 is 5.97 Å². The van der Waals surface area contributed by atoms with Gasteiger partial charge in [-0.05, 0) is 23.6 Å². The van der Waals surface area contributed by atoms with Crippen LogP contribution in [0.4, 0.5) is 4.39 Å². The van der Waals surface area contributed by atoms with Crippen LogP contribution in [0.2, 0.25) is 0 Å². The van der Waals surface area contributed by atoms with E-state index in [4.69, 9.17) is 19.3 Å². The van der Waals surface area contributed by atoms with Crippen LogP contribution in [0.15, 0.2) is 12.1 Å². The lowest BCUT2D eigenvalue weighted by molar-refractivity contribution is -0.136. The van der Waals surface area contributed by atoms with E-state index in [0.717, 1.165) is 5.56 Å². The van der Waals surface area contributed by atoms with Gasteiger partial charge in [0.15, 0.2) is 11.6 Å². The molecule has 5 nitrogen and oxygen atoms in total. The lowest BCUT2D eigenvalue weighted by Gasteiger charge is -2.13. The number of esters is 1. The van der Waals surface area contributed by atoms with Crippen LogP contribution in [0, 0.1) is 5.82 Å². The van der Waals surface area contributed by atoms with Crippen molar-refractivity contribution in [2.45, 2.75) is 26.2 Å². The Balaban J connectivity index is 2.76. The van der Waals surface area contributed by atoms with Crippen LogP contribution in [0.25, 0.3) is 0 Å².